The van der Waals surface area contributed by atoms with E-state index in [0.717, 1.165) is 4.88 Å². The Balaban J connectivity index is 1.32. The van der Waals surface area contributed by atoms with Gasteiger partial charge in [-0.3, -0.25) is 9.59 Å². The van der Waals surface area contributed by atoms with Crippen LogP contribution in [0.1, 0.15) is 33.5 Å². The van der Waals surface area contributed by atoms with Crippen molar-refractivity contribution >= 4 is 34.8 Å². The molecule has 1 aromatic carbocycles. The van der Waals surface area contributed by atoms with Crippen LogP contribution in [0, 0.1) is 0 Å². The van der Waals surface area contributed by atoms with Crippen molar-refractivity contribution in [3.05, 3.63) is 52.0 Å². The van der Waals surface area contributed by atoms with E-state index in [1.54, 1.807) is 6.07 Å². The van der Waals surface area contributed by atoms with E-state index in [1.807, 2.05) is 30.3 Å². The van der Waals surface area contributed by atoms with Crippen LogP contribution in [0.2, 0.25) is 0 Å². The summed E-state index contributed by atoms with van der Waals surface area (Å²) in [6.45, 7) is 2.15. The Labute approximate surface area is 174 Å². The number of thiophene rings is 1. The molecule has 2 aromatic heterocycles. The third-order valence-corrected chi connectivity index (χ3v) is 5.93. The van der Waals surface area contributed by atoms with Gasteiger partial charge in [-0.2, -0.15) is 0 Å². The number of fused-ring (bicyclic) bond motifs is 1. The third kappa shape index (κ3) is 4.77. The Kier molecular flexibility index (Phi) is 5.81. The molecule has 1 atom stereocenters. The van der Waals surface area contributed by atoms with Gasteiger partial charge in [-0.15, -0.1) is 21.5 Å². The van der Waals surface area contributed by atoms with E-state index in [4.69, 9.17) is 13.9 Å². The summed E-state index contributed by atoms with van der Waals surface area (Å²) < 4.78 is 17.1. The predicted molar refractivity (Wildman–Crippen MR) is 106 cm³/mol. The lowest BCUT2D eigenvalue weighted by atomic mass is 10.2. The fraction of sp³-hybridized carbons (Fsp3) is 0.263. The zero-order valence-corrected chi connectivity index (χ0v) is 17.0. The average molecular weight is 431 g/mol. The second kappa shape index (κ2) is 8.66. The first kappa shape index (κ1) is 19.5. The van der Waals surface area contributed by atoms with Crippen LogP contribution in [0.4, 0.5) is 0 Å². The molecule has 1 N–H and O–H groups in total. The van der Waals surface area contributed by atoms with Gasteiger partial charge in [0, 0.05) is 11.8 Å². The van der Waals surface area contributed by atoms with Crippen molar-refractivity contribution in [1.82, 2.24) is 15.5 Å². The van der Waals surface area contributed by atoms with Crippen LogP contribution in [0.15, 0.2) is 46.0 Å². The second-order valence-electron chi connectivity index (χ2n) is 6.16. The number of ketones is 1. The standard InChI is InChI=1S/C19H17N3O5S2/c1-11(23)20-8-12-6-7-17(29-12)13(24)10-28-19-22-21-18(27-19)16-9-25-14-4-2-3-5-15(14)26-16/h2-7,16H,8-10H2,1H3,(H,20,23). The van der Waals surface area contributed by atoms with Gasteiger partial charge in [0.2, 0.25) is 12.0 Å². The molecule has 8 nitrogen and oxygen atoms in total. The van der Waals surface area contributed by atoms with Crippen LogP contribution in [0.25, 0.3) is 0 Å². The number of hydrogen-bond acceptors (Lipinski definition) is 9. The Hall–Kier alpha value is -2.85. The van der Waals surface area contributed by atoms with E-state index >= 15 is 0 Å². The number of benzene rings is 1. The number of amides is 1. The summed E-state index contributed by atoms with van der Waals surface area (Å²) in [5.41, 5.74) is 0. The SMILES string of the molecule is CC(=O)NCc1ccc(C(=O)CSc2nnc(C3COc4ccccc4O3)o2)s1. The first-order valence-corrected chi connectivity index (χ1v) is 10.6. The molecule has 10 heteroatoms. The van der Waals surface area contributed by atoms with Crippen molar-refractivity contribution in [3.8, 4) is 11.5 Å². The molecule has 0 bridgehead atoms. The van der Waals surface area contributed by atoms with Crippen molar-refractivity contribution in [3.63, 3.8) is 0 Å². The number of Topliss-reactive ketones (excluding diaryl/α,β-unsaturated/α-hetero) is 1. The third-order valence-electron chi connectivity index (χ3n) is 3.98. The Morgan fingerprint density at radius 1 is 1.21 bits per heavy atom. The molecule has 1 unspecified atom stereocenters. The molecule has 29 heavy (non-hydrogen) atoms. The maximum atomic E-state index is 12.4. The molecule has 1 amide bonds. The highest BCUT2D eigenvalue weighted by Gasteiger charge is 2.27. The minimum Gasteiger partial charge on any atom is -0.485 e. The zero-order valence-electron chi connectivity index (χ0n) is 15.4. The van der Waals surface area contributed by atoms with Gasteiger partial charge in [0.1, 0.15) is 6.61 Å². The van der Waals surface area contributed by atoms with E-state index in [9.17, 15) is 9.59 Å². The van der Waals surface area contributed by atoms with Crippen molar-refractivity contribution in [1.29, 1.82) is 0 Å². The molecule has 3 aromatic rings. The van der Waals surface area contributed by atoms with Crippen LogP contribution in [0.3, 0.4) is 0 Å². The highest BCUT2D eigenvalue weighted by atomic mass is 32.2. The molecule has 0 radical (unpaired) electrons. The summed E-state index contributed by atoms with van der Waals surface area (Å²) in [6, 6.07) is 11.0. The van der Waals surface area contributed by atoms with Gasteiger partial charge in [0.15, 0.2) is 17.3 Å². The minimum absolute atomic E-state index is 0.0417. The number of rotatable bonds is 7. The van der Waals surface area contributed by atoms with Crippen molar-refractivity contribution in [2.24, 2.45) is 0 Å². The van der Waals surface area contributed by atoms with Gasteiger partial charge < -0.3 is 19.2 Å². The lowest BCUT2D eigenvalue weighted by Crippen LogP contribution is -2.21. The monoisotopic (exact) mass is 431 g/mol. The number of hydrogen-bond donors (Lipinski definition) is 1. The second-order valence-corrected chi connectivity index (χ2v) is 8.25. The van der Waals surface area contributed by atoms with Gasteiger partial charge >= 0.3 is 0 Å². The molecule has 4 rings (SSSR count). The summed E-state index contributed by atoms with van der Waals surface area (Å²) in [5, 5.41) is 11.0. The first-order valence-electron chi connectivity index (χ1n) is 8.79. The minimum atomic E-state index is -0.490. The molecular weight excluding hydrogens is 414 g/mol. The molecular formula is C19H17N3O5S2. The van der Waals surface area contributed by atoms with Gasteiger partial charge in [-0.05, 0) is 24.3 Å². The highest BCUT2D eigenvalue weighted by molar-refractivity contribution is 7.99. The van der Waals surface area contributed by atoms with E-state index in [2.05, 4.69) is 15.5 Å². The maximum absolute atomic E-state index is 12.4. The molecule has 0 spiro atoms. The molecule has 1 aliphatic rings. The fourth-order valence-corrected chi connectivity index (χ4v) is 4.21. The molecule has 1 aliphatic heterocycles. The van der Waals surface area contributed by atoms with Crippen molar-refractivity contribution < 1.29 is 23.5 Å². The van der Waals surface area contributed by atoms with E-state index in [1.165, 1.54) is 30.0 Å². The van der Waals surface area contributed by atoms with Gasteiger partial charge in [0.05, 0.1) is 17.2 Å². The summed E-state index contributed by atoms with van der Waals surface area (Å²) in [6.07, 6.45) is -0.490. The average Bonchev–Trinajstić information content (AvgIpc) is 3.40. The molecule has 0 saturated heterocycles. The Morgan fingerprint density at radius 3 is 2.86 bits per heavy atom. The Bertz CT molecular complexity index is 1030. The normalized spacial score (nSPS) is 15.1. The van der Waals surface area contributed by atoms with E-state index in [-0.39, 0.29) is 24.1 Å². The van der Waals surface area contributed by atoms with Crippen LogP contribution in [-0.4, -0.2) is 34.2 Å². The molecule has 0 saturated carbocycles. The smallest absolute Gasteiger partial charge is 0.277 e. The lowest BCUT2D eigenvalue weighted by molar-refractivity contribution is -0.119. The zero-order chi connectivity index (χ0) is 20.2. The van der Waals surface area contributed by atoms with Crippen LogP contribution < -0.4 is 14.8 Å². The number of ether oxygens (including phenoxy) is 2. The molecule has 0 fully saturated rings. The fourth-order valence-electron chi connectivity index (χ4n) is 2.58. The number of carbonyl (C=O) groups excluding carboxylic acids is 2. The van der Waals surface area contributed by atoms with Crippen molar-refractivity contribution in [2.45, 2.75) is 24.8 Å². The maximum Gasteiger partial charge on any atom is 0.277 e. The first-order chi connectivity index (χ1) is 14.1. The number of nitrogens with one attached hydrogen (secondary N) is 1. The number of thioether (sulfide) groups is 1. The van der Waals surface area contributed by atoms with Gasteiger partial charge in [-0.1, -0.05) is 23.9 Å². The summed E-state index contributed by atoms with van der Waals surface area (Å²) in [4.78, 5) is 24.9. The molecule has 0 aliphatic carbocycles. The summed E-state index contributed by atoms with van der Waals surface area (Å²) in [7, 11) is 0. The predicted octanol–water partition coefficient (Wildman–Crippen LogP) is 3.25. The molecule has 3 heterocycles. The number of aromatic nitrogens is 2. The van der Waals surface area contributed by atoms with E-state index in [0.29, 0.717) is 34.0 Å². The summed E-state index contributed by atoms with van der Waals surface area (Å²) >= 11 is 2.53. The Morgan fingerprint density at radius 2 is 2.03 bits per heavy atom. The van der Waals surface area contributed by atoms with Gasteiger partial charge in [-0.25, -0.2) is 0 Å². The van der Waals surface area contributed by atoms with E-state index < -0.39 is 6.10 Å². The quantitative estimate of drug-likeness (QED) is 0.449. The highest BCUT2D eigenvalue weighted by Crippen LogP contribution is 2.36. The summed E-state index contributed by atoms with van der Waals surface area (Å²) in [5.74, 6) is 1.64. The largest absolute Gasteiger partial charge is 0.485 e. The molecule has 150 valence electrons. The van der Waals surface area contributed by atoms with Gasteiger partial charge in [0.25, 0.3) is 11.1 Å². The topological polar surface area (TPSA) is 104 Å². The number of carbonyl (C=O) groups is 2. The van der Waals surface area contributed by atoms with Crippen LogP contribution in [0.5, 0.6) is 11.5 Å². The van der Waals surface area contributed by atoms with Crippen LogP contribution in [-0.2, 0) is 11.3 Å². The number of nitrogens with zero attached hydrogens (tertiary/aromatic N) is 2. The lowest BCUT2D eigenvalue weighted by Gasteiger charge is -2.23. The van der Waals surface area contributed by atoms with Crippen LogP contribution >= 0.6 is 23.1 Å². The number of para-hydroxylation sites is 2. The van der Waals surface area contributed by atoms with Crippen molar-refractivity contribution in [2.75, 3.05) is 12.4 Å².